The molecule has 0 aromatic heterocycles. The second-order valence-corrected chi connectivity index (χ2v) is 7.11. The van der Waals surface area contributed by atoms with Crippen LogP contribution >= 0.6 is 0 Å². The fourth-order valence-corrected chi connectivity index (χ4v) is 3.37. The maximum absolute atomic E-state index is 12.6. The predicted octanol–water partition coefficient (Wildman–Crippen LogP) is 3.51. The van der Waals surface area contributed by atoms with Gasteiger partial charge in [-0.3, -0.25) is 9.59 Å². The highest BCUT2D eigenvalue weighted by molar-refractivity contribution is 6.04. The van der Waals surface area contributed by atoms with Crippen molar-refractivity contribution in [3.05, 3.63) is 60.2 Å². The third-order valence-electron chi connectivity index (χ3n) is 4.70. The molecule has 0 spiro atoms. The van der Waals surface area contributed by atoms with Crippen LogP contribution in [0, 0.1) is 11.8 Å². The number of aliphatic carboxylic acids is 1. The molecule has 2 aromatic rings. The number of likely N-dealkylation sites (tertiary alicyclic amines) is 1. The smallest absolute Gasteiger partial charge is 0.321 e. The molecule has 3 rings (SSSR count). The number of nitrogens with zero attached hydrogens (tertiary/aromatic N) is 1. The van der Waals surface area contributed by atoms with Crippen LogP contribution in [-0.4, -0.2) is 41.0 Å². The fourth-order valence-electron chi connectivity index (χ4n) is 3.37. The van der Waals surface area contributed by atoms with E-state index < -0.39 is 11.9 Å². The van der Waals surface area contributed by atoms with E-state index in [-0.39, 0.29) is 24.4 Å². The van der Waals surface area contributed by atoms with Crippen LogP contribution in [0.15, 0.2) is 54.6 Å². The number of rotatable bonds is 4. The lowest BCUT2D eigenvalue weighted by Gasteiger charge is -2.34. The molecule has 0 aliphatic carbocycles. The van der Waals surface area contributed by atoms with E-state index in [0.29, 0.717) is 29.9 Å². The Morgan fingerprint density at radius 2 is 1.64 bits per heavy atom. The van der Waals surface area contributed by atoms with Gasteiger partial charge in [0, 0.05) is 30.0 Å². The maximum atomic E-state index is 12.6. The number of carboxylic acids is 1. The van der Waals surface area contributed by atoms with Gasteiger partial charge in [-0.05, 0) is 42.7 Å². The molecule has 0 bridgehead atoms. The molecule has 7 heteroatoms. The van der Waals surface area contributed by atoms with Crippen LogP contribution in [0.5, 0.6) is 0 Å². The van der Waals surface area contributed by atoms with Crippen molar-refractivity contribution in [3.8, 4) is 0 Å². The lowest BCUT2D eigenvalue weighted by molar-refractivity contribution is -0.143. The number of carboxylic acid groups (broad SMARTS) is 1. The molecule has 1 saturated heterocycles. The van der Waals surface area contributed by atoms with Crippen LogP contribution in [0.4, 0.5) is 16.2 Å². The SMILES string of the molecule is CC1CC(C(=O)O)CN(C(=O)Nc2cccc(NC(=O)c3ccccc3)c2)C1. The molecule has 3 N–H and O–H groups in total. The number of hydrogen-bond donors (Lipinski definition) is 3. The van der Waals surface area contributed by atoms with Crippen molar-refractivity contribution in [1.29, 1.82) is 0 Å². The zero-order valence-electron chi connectivity index (χ0n) is 15.6. The Hall–Kier alpha value is -3.35. The zero-order valence-corrected chi connectivity index (χ0v) is 15.6. The molecule has 146 valence electrons. The molecular formula is C21H23N3O4. The first kappa shape index (κ1) is 19.4. The molecule has 1 fully saturated rings. The Labute approximate surface area is 163 Å². The molecule has 3 amide bonds. The third-order valence-corrected chi connectivity index (χ3v) is 4.70. The van der Waals surface area contributed by atoms with Gasteiger partial charge in [0.1, 0.15) is 0 Å². The average Bonchev–Trinajstić information content (AvgIpc) is 2.68. The lowest BCUT2D eigenvalue weighted by atomic mass is 9.91. The summed E-state index contributed by atoms with van der Waals surface area (Å²) >= 11 is 0. The van der Waals surface area contributed by atoms with Gasteiger partial charge < -0.3 is 20.6 Å². The molecule has 1 aliphatic rings. The Kier molecular flexibility index (Phi) is 5.93. The average molecular weight is 381 g/mol. The number of nitrogens with one attached hydrogen (secondary N) is 2. The number of carbonyl (C=O) groups is 3. The standard InChI is InChI=1S/C21H23N3O4/c1-14-10-16(20(26)27)13-24(12-14)21(28)23-18-9-5-8-17(11-18)22-19(25)15-6-3-2-4-7-15/h2-9,11,14,16H,10,12-13H2,1H3,(H,22,25)(H,23,28)(H,26,27). The summed E-state index contributed by atoms with van der Waals surface area (Å²) in [7, 11) is 0. The molecule has 0 saturated carbocycles. The number of hydrogen-bond acceptors (Lipinski definition) is 3. The van der Waals surface area contributed by atoms with Crippen LogP contribution in [0.25, 0.3) is 0 Å². The summed E-state index contributed by atoms with van der Waals surface area (Å²) in [6.45, 7) is 2.64. The minimum absolute atomic E-state index is 0.122. The second kappa shape index (κ2) is 8.56. The highest BCUT2D eigenvalue weighted by Crippen LogP contribution is 2.23. The molecule has 1 aliphatic heterocycles. The van der Waals surface area contributed by atoms with Crippen LogP contribution in [0.3, 0.4) is 0 Å². The Morgan fingerprint density at radius 1 is 0.964 bits per heavy atom. The van der Waals surface area contributed by atoms with Crippen molar-refractivity contribution in [2.24, 2.45) is 11.8 Å². The monoisotopic (exact) mass is 381 g/mol. The highest BCUT2D eigenvalue weighted by Gasteiger charge is 2.31. The van der Waals surface area contributed by atoms with Crippen molar-refractivity contribution in [3.63, 3.8) is 0 Å². The fraction of sp³-hybridized carbons (Fsp3) is 0.286. The minimum Gasteiger partial charge on any atom is -0.481 e. The van der Waals surface area contributed by atoms with E-state index in [1.165, 1.54) is 4.90 Å². The van der Waals surface area contributed by atoms with Gasteiger partial charge in [0.05, 0.1) is 5.92 Å². The topological polar surface area (TPSA) is 98.7 Å². The quantitative estimate of drug-likeness (QED) is 0.755. The lowest BCUT2D eigenvalue weighted by Crippen LogP contribution is -2.47. The van der Waals surface area contributed by atoms with E-state index in [2.05, 4.69) is 10.6 Å². The van der Waals surface area contributed by atoms with Gasteiger partial charge in [-0.2, -0.15) is 0 Å². The summed E-state index contributed by atoms with van der Waals surface area (Å²) in [6.07, 6.45) is 0.570. The number of benzene rings is 2. The summed E-state index contributed by atoms with van der Waals surface area (Å²) in [5.41, 5.74) is 1.63. The first-order valence-electron chi connectivity index (χ1n) is 9.17. The number of piperidine rings is 1. The maximum Gasteiger partial charge on any atom is 0.321 e. The number of carbonyl (C=O) groups excluding carboxylic acids is 2. The van der Waals surface area contributed by atoms with E-state index in [9.17, 15) is 19.5 Å². The van der Waals surface area contributed by atoms with Gasteiger partial charge in [0.2, 0.25) is 0 Å². The summed E-state index contributed by atoms with van der Waals surface area (Å²) in [4.78, 5) is 37.7. The minimum atomic E-state index is -0.880. The van der Waals surface area contributed by atoms with E-state index in [0.717, 1.165) is 0 Å². The summed E-state index contributed by atoms with van der Waals surface area (Å²) in [5.74, 6) is -1.55. The van der Waals surface area contributed by atoms with E-state index in [4.69, 9.17) is 0 Å². The van der Waals surface area contributed by atoms with Gasteiger partial charge >= 0.3 is 12.0 Å². The van der Waals surface area contributed by atoms with Crippen LogP contribution < -0.4 is 10.6 Å². The molecule has 2 aromatic carbocycles. The van der Waals surface area contributed by atoms with Crippen molar-refractivity contribution in [2.75, 3.05) is 23.7 Å². The Balaban J connectivity index is 1.64. The highest BCUT2D eigenvalue weighted by atomic mass is 16.4. The number of anilines is 2. The van der Waals surface area contributed by atoms with Crippen molar-refractivity contribution >= 4 is 29.3 Å². The van der Waals surface area contributed by atoms with E-state index >= 15 is 0 Å². The molecule has 0 radical (unpaired) electrons. The van der Waals surface area contributed by atoms with E-state index in [1.807, 2.05) is 13.0 Å². The van der Waals surface area contributed by atoms with Gasteiger partial charge in [-0.15, -0.1) is 0 Å². The molecule has 7 nitrogen and oxygen atoms in total. The van der Waals surface area contributed by atoms with Crippen LogP contribution in [0.2, 0.25) is 0 Å². The number of urea groups is 1. The normalized spacial score (nSPS) is 19.0. The third kappa shape index (κ3) is 4.88. The summed E-state index contributed by atoms with van der Waals surface area (Å²) in [5, 5.41) is 14.8. The molecule has 28 heavy (non-hydrogen) atoms. The van der Waals surface area contributed by atoms with Gasteiger partial charge in [0.15, 0.2) is 0 Å². The summed E-state index contributed by atoms with van der Waals surface area (Å²) in [6, 6.07) is 15.4. The van der Waals surface area contributed by atoms with Gasteiger partial charge in [0.25, 0.3) is 5.91 Å². The number of amides is 3. The Bertz CT molecular complexity index is 869. The second-order valence-electron chi connectivity index (χ2n) is 7.11. The van der Waals surface area contributed by atoms with Gasteiger partial charge in [-0.1, -0.05) is 31.2 Å². The molecular weight excluding hydrogens is 358 g/mol. The molecule has 2 atom stereocenters. The first-order chi connectivity index (χ1) is 13.4. The van der Waals surface area contributed by atoms with Crippen molar-refractivity contribution < 1.29 is 19.5 Å². The zero-order chi connectivity index (χ0) is 20.1. The van der Waals surface area contributed by atoms with Crippen molar-refractivity contribution in [2.45, 2.75) is 13.3 Å². The molecule has 2 unspecified atom stereocenters. The largest absolute Gasteiger partial charge is 0.481 e. The molecule has 1 heterocycles. The first-order valence-corrected chi connectivity index (χ1v) is 9.17. The predicted molar refractivity (Wildman–Crippen MR) is 106 cm³/mol. The summed E-state index contributed by atoms with van der Waals surface area (Å²) < 4.78 is 0. The van der Waals surface area contributed by atoms with E-state index in [1.54, 1.807) is 48.5 Å². The van der Waals surface area contributed by atoms with Crippen molar-refractivity contribution in [1.82, 2.24) is 4.90 Å². The van der Waals surface area contributed by atoms with Gasteiger partial charge in [-0.25, -0.2) is 4.79 Å². The Morgan fingerprint density at radius 3 is 2.32 bits per heavy atom. The van der Waals surface area contributed by atoms with Crippen LogP contribution in [0.1, 0.15) is 23.7 Å². The van der Waals surface area contributed by atoms with Crippen LogP contribution in [-0.2, 0) is 4.79 Å².